The smallest absolute Gasteiger partial charge is 0.181 e. The summed E-state index contributed by atoms with van der Waals surface area (Å²) in [7, 11) is 3.26. The van der Waals surface area contributed by atoms with Crippen LogP contribution in [0, 0.1) is 0 Å². The van der Waals surface area contributed by atoms with E-state index in [-0.39, 0.29) is 0 Å². The number of aromatic nitrogens is 3. The van der Waals surface area contributed by atoms with Gasteiger partial charge in [-0.05, 0) is 25.0 Å². The van der Waals surface area contributed by atoms with Crippen molar-refractivity contribution in [3.05, 3.63) is 24.0 Å². The molecule has 3 rings (SSSR count). The highest BCUT2D eigenvalue weighted by Gasteiger charge is 2.27. The van der Waals surface area contributed by atoms with Crippen LogP contribution in [-0.2, 0) is 0 Å². The monoisotopic (exact) mass is 245 g/mol. The SMILES string of the molecule is COc1cc(OC)cc(-c2n[nH]c(C3CC3)n2)c1. The second-order valence-corrected chi connectivity index (χ2v) is 4.42. The summed E-state index contributed by atoms with van der Waals surface area (Å²) in [4.78, 5) is 4.52. The predicted molar refractivity (Wildman–Crippen MR) is 66.9 cm³/mol. The molecule has 0 radical (unpaired) electrons. The predicted octanol–water partition coefficient (Wildman–Crippen LogP) is 2.37. The number of rotatable bonds is 4. The minimum atomic E-state index is 0.568. The van der Waals surface area contributed by atoms with E-state index in [0.29, 0.717) is 11.7 Å². The number of H-pyrrole nitrogens is 1. The van der Waals surface area contributed by atoms with Gasteiger partial charge < -0.3 is 9.47 Å². The van der Waals surface area contributed by atoms with Gasteiger partial charge in [0.05, 0.1) is 14.2 Å². The van der Waals surface area contributed by atoms with Gasteiger partial charge in [-0.2, -0.15) is 5.10 Å². The first-order chi connectivity index (χ1) is 8.80. The fourth-order valence-corrected chi connectivity index (χ4v) is 1.88. The Hall–Kier alpha value is -2.04. The van der Waals surface area contributed by atoms with E-state index < -0.39 is 0 Å². The van der Waals surface area contributed by atoms with Crippen molar-refractivity contribution >= 4 is 0 Å². The molecule has 2 aromatic rings. The summed E-state index contributed by atoms with van der Waals surface area (Å²) in [6, 6.07) is 5.64. The van der Waals surface area contributed by atoms with Crippen molar-refractivity contribution < 1.29 is 9.47 Å². The Bertz CT molecular complexity index is 539. The number of hydrogen-bond donors (Lipinski definition) is 1. The molecule has 1 N–H and O–H groups in total. The molecule has 0 amide bonds. The van der Waals surface area contributed by atoms with Crippen LogP contribution in [0.4, 0.5) is 0 Å². The summed E-state index contributed by atoms with van der Waals surface area (Å²) in [5.74, 6) is 3.71. The Morgan fingerprint density at radius 1 is 1.11 bits per heavy atom. The number of benzene rings is 1. The molecule has 0 bridgehead atoms. The molecule has 1 heterocycles. The highest BCUT2D eigenvalue weighted by atomic mass is 16.5. The highest BCUT2D eigenvalue weighted by molar-refractivity contribution is 5.60. The van der Waals surface area contributed by atoms with Crippen molar-refractivity contribution in [2.75, 3.05) is 14.2 Å². The second kappa shape index (κ2) is 4.33. The fraction of sp³-hybridized carbons (Fsp3) is 0.385. The number of nitrogens with one attached hydrogen (secondary N) is 1. The van der Waals surface area contributed by atoms with Gasteiger partial charge >= 0.3 is 0 Å². The molecule has 1 aliphatic rings. The third-order valence-corrected chi connectivity index (χ3v) is 3.08. The third kappa shape index (κ3) is 2.03. The van der Waals surface area contributed by atoms with Crippen LogP contribution in [-0.4, -0.2) is 29.4 Å². The van der Waals surface area contributed by atoms with Gasteiger partial charge in [0.2, 0.25) is 0 Å². The zero-order chi connectivity index (χ0) is 12.5. The van der Waals surface area contributed by atoms with Gasteiger partial charge in [-0.3, -0.25) is 5.10 Å². The molecule has 0 aliphatic heterocycles. The van der Waals surface area contributed by atoms with Gasteiger partial charge in [0, 0.05) is 17.5 Å². The van der Waals surface area contributed by atoms with Crippen LogP contribution in [0.15, 0.2) is 18.2 Å². The van der Waals surface area contributed by atoms with Gasteiger partial charge in [-0.1, -0.05) is 0 Å². The first kappa shape index (κ1) is 11.1. The van der Waals surface area contributed by atoms with Crippen LogP contribution in [0.3, 0.4) is 0 Å². The average Bonchev–Trinajstić information content (AvgIpc) is 3.15. The van der Waals surface area contributed by atoms with E-state index in [1.165, 1.54) is 12.8 Å². The summed E-state index contributed by atoms with van der Waals surface area (Å²) in [5, 5.41) is 7.25. The van der Waals surface area contributed by atoms with Crippen molar-refractivity contribution in [3.8, 4) is 22.9 Å². The van der Waals surface area contributed by atoms with Crippen LogP contribution in [0.5, 0.6) is 11.5 Å². The Morgan fingerprint density at radius 2 is 1.78 bits per heavy atom. The topological polar surface area (TPSA) is 60.0 Å². The van der Waals surface area contributed by atoms with Crippen LogP contribution in [0.1, 0.15) is 24.6 Å². The molecule has 0 saturated heterocycles. The molecular weight excluding hydrogens is 230 g/mol. The molecular formula is C13H15N3O2. The molecule has 1 aromatic heterocycles. The van der Waals surface area contributed by atoms with Crippen molar-refractivity contribution in [1.29, 1.82) is 0 Å². The average molecular weight is 245 g/mol. The fourth-order valence-electron chi connectivity index (χ4n) is 1.88. The number of aromatic amines is 1. The van der Waals surface area contributed by atoms with Gasteiger partial charge in [0.15, 0.2) is 5.82 Å². The molecule has 0 atom stereocenters. The Balaban J connectivity index is 1.97. The maximum Gasteiger partial charge on any atom is 0.181 e. The third-order valence-electron chi connectivity index (χ3n) is 3.08. The van der Waals surface area contributed by atoms with Gasteiger partial charge in [-0.25, -0.2) is 4.98 Å². The van der Waals surface area contributed by atoms with Gasteiger partial charge in [0.25, 0.3) is 0 Å². The lowest BCUT2D eigenvalue weighted by atomic mass is 10.2. The van der Waals surface area contributed by atoms with Gasteiger partial charge in [0.1, 0.15) is 17.3 Å². The van der Waals surface area contributed by atoms with E-state index in [9.17, 15) is 0 Å². The zero-order valence-electron chi connectivity index (χ0n) is 10.4. The van der Waals surface area contributed by atoms with Gasteiger partial charge in [-0.15, -0.1) is 0 Å². The van der Waals surface area contributed by atoms with Crippen molar-refractivity contribution in [2.45, 2.75) is 18.8 Å². The first-order valence-corrected chi connectivity index (χ1v) is 5.96. The highest BCUT2D eigenvalue weighted by Crippen LogP contribution is 2.38. The largest absolute Gasteiger partial charge is 0.497 e. The number of ether oxygens (including phenoxy) is 2. The summed E-state index contributed by atoms with van der Waals surface area (Å²) in [6.45, 7) is 0. The number of nitrogens with zero attached hydrogens (tertiary/aromatic N) is 2. The van der Waals surface area contributed by atoms with E-state index in [0.717, 1.165) is 22.9 Å². The minimum absolute atomic E-state index is 0.568. The lowest BCUT2D eigenvalue weighted by Crippen LogP contribution is -1.90. The second-order valence-electron chi connectivity index (χ2n) is 4.42. The Morgan fingerprint density at radius 3 is 2.33 bits per heavy atom. The number of hydrogen-bond acceptors (Lipinski definition) is 4. The van der Waals surface area contributed by atoms with E-state index >= 15 is 0 Å². The van der Waals surface area contributed by atoms with Crippen LogP contribution < -0.4 is 9.47 Å². The standard InChI is InChI=1S/C13H15N3O2/c1-17-10-5-9(6-11(7-10)18-2)13-14-12(15-16-13)8-3-4-8/h5-8H,3-4H2,1-2H3,(H,14,15,16). The molecule has 5 heteroatoms. The lowest BCUT2D eigenvalue weighted by molar-refractivity contribution is 0.394. The maximum absolute atomic E-state index is 5.24. The first-order valence-electron chi connectivity index (χ1n) is 5.96. The van der Waals surface area contributed by atoms with Crippen molar-refractivity contribution in [2.24, 2.45) is 0 Å². The summed E-state index contributed by atoms with van der Waals surface area (Å²) in [6.07, 6.45) is 2.41. The summed E-state index contributed by atoms with van der Waals surface area (Å²) >= 11 is 0. The molecule has 1 saturated carbocycles. The van der Waals surface area contributed by atoms with Crippen molar-refractivity contribution in [3.63, 3.8) is 0 Å². The lowest BCUT2D eigenvalue weighted by Gasteiger charge is -2.05. The molecule has 1 aliphatic carbocycles. The molecule has 94 valence electrons. The molecule has 18 heavy (non-hydrogen) atoms. The van der Waals surface area contributed by atoms with E-state index in [4.69, 9.17) is 9.47 Å². The molecule has 1 fully saturated rings. The van der Waals surface area contributed by atoms with Crippen LogP contribution >= 0.6 is 0 Å². The quantitative estimate of drug-likeness (QED) is 0.898. The molecule has 0 unspecified atom stereocenters. The molecule has 0 spiro atoms. The maximum atomic E-state index is 5.24. The minimum Gasteiger partial charge on any atom is -0.497 e. The summed E-state index contributed by atoms with van der Waals surface area (Å²) in [5.41, 5.74) is 0.898. The number of methoxy groups -OCH3 is 2. The van der Waals surface area contributed by atoms with E-state index in [2.05, 4.69) is 15.2 Å². The van der Waals surface area contributed by atoms with E-state index in [1.54, 1.807) is 14.2 Å². The van der Waals surface area contributed by atoms with Crippen LogP contribution in [0.2, 0.25) is 0 Å². The normalized spacial score (nSPS) is 14.6. The summed E-state index contributed by atoms with van der Waals surface area (Å²) < 4.78 is 10.5. The van der Waals surface area contributed by atoms with E-state index in [1.807, 2.05) is 18.2 Å². The van der Waals surface area contributed by atoms with Crippen molar-refractivity contribution in [1.82, 2.24) is 15.2 Å². The molecule has 5 nitrogen and oxygen atoms in total. The van der Waals surface area contributed by atoms with Crippen LogP contribution in [0.25, 0.3) is 11.4 Å². The Labute approximate surface area is 105 Å². The zero-order valence-corrected chi connectivity index (χ0v) is 10.4. The molecule has 1 aromatic carbocycles. The Kier molecular flexibility index (Phi) is 2.66.